The molecule has 3 heteroatoms. The first-order chi connectivity index (χ1) is 15.2. The monoisotopic (exact) mass is 456 g/mol. The normalized spacial score (nSPS) is 55.8. The first-order valence-corrected chi connectivity index (χ1v) is 13.9. The Labute approximate surface area is 201 Å². The Morgan fingerprint density at radius 3 is 2.03 bits per heavy atom. The molecule has 0 spiro atoms. The summed E-state index contributed by atoms with van der Waals surface area (Å²) in [7, 11) is 0. The Morgan fingerprint density at radius 1 is 0.758 bits per heavy atom. The van der Waals surface area contributed by atoms with Crippen molar-refractivity contribution in [2.45, 2.75) is 113 Å². The van der Waals surface area contributed by atoms with Crippen molar-refractivity contribution in [2.75, 3.05) is 6.61 Å². The van der Waals surface area contributed by atoms with Gasteiger partial charge in [-0.25, -0.2) is 0 Å². The fraction of sp³-hybridized carbons (Fsp3) is 0.933. The Kier molecular flexibility index (Phi) is 5.06. The van der Waals surface area contributed by atoms with Gasteiger partial charge in [0.05, 0.1) is 6.42 Å². The maximum absolute atomic E-state index is 13.6. The van der Waals surface area contributed by atoms with E-state index in [1.807, 2.05) is 0 Å². The average Bonchev–Trinajstić information content (AvgIpc) is 2.73. The highest BCUT2D eigenvalue weighted by Crippen LogP contribution is 2.78. The summed E-state index contributed by atoms with van der Waals surface area (Å²) in [6, 6.07) is 0. The van der Waals surface area contributed by atoms with Crippen LogP contribution in [0.25, 0.3) is 0 Å². The van der Waals surface area contributed by atoms with Crippen LogP contribution < -0.4 is 0 Å². The second kappa shape index (κ2) is 6.95. The zero-order valence-electron chi connectivity index (χ0n) is 22.4. The number of Topliss-reactive ketones (excluding diaryl/α,β-unsaturated/α-hetero) is 2. The summed E-state index contributed by atoms with van der Waals surface area (Å²) in [5.41, 5.74) is 0.606. The fourth-order valence-corrected chi connectivity index (χ4v) is 11.1. The Bertz CT molecular complexity index is 876. The van der Waals surface area contributed by atoms with Gasteiger partial charge in [-0.05, 0) is 102 Å². The Balaban J connectivity index is 1.58. The van der Waals surface area contributed by atoms with E-state index in [2.05, 4.69) is 48.5 Å². The van der Waals surface area contributed by atoms with E-state index in [9.17, 15) is 14.7 Å². The van der Waals surface area contributed by atoms with Crippen molar-refractivity contribution >= 4 is 11.6 Å². The molecule has 0 saturated heterocycles. The minimum atomic E-state index is -0.182. The van der Waals surface area contributed by atoms with Crippen molar-refractivity contribution < 1.29 is 14.7 Å². The summed E-state index contributed by atoms with van der Waals surface area (Å²) >= 11 is 0. The number of rotatable bonds is 1. The highest BCUT2D eigenvalue weighted by molar-refractivity contribution is 6.04. The molecule has 0 aromatic carbocycles. The van der Waals surface area contributed by atoms with E-state index in [4.69, 9.17) is 0 Å². The number of aliphatic hydroxyl groups is 1. The smallest absolute Gasteiger partial charge is 0.144 e. The highest BCUT2D eigenvalue weighted by atomic mass is 16.3. The van der Waals surface area contributed by atoms with Gasteiger partial charge in [0.1, 0.15) is 11.6 Å². The molecular formula is C30H48O3. The van der Waals surface area contributed by atoms with Gasteiger partial charge in [-0.2, -0.15) is 0 Å². The van der Waals surface area contributed by atoms with Gasteiger partial charge in [0.2, 0.25) is 0 Å². The predicted molar refractivity (Wildman–Crippen MR) is 132 cm³/mol. The largest absolute Gasteiger partial charge is 0.396 e. The molecule has 186 valence electrons. The van der Waals surface area contributed by atoms with Crippen molar-refractivity contribution in [2.24, 2.45) is 56.2 Å². The topological polar surface area (TPSA) is 54.4 Å². The SMILES string of the molecule is C[C@H]1C(=O)CC(=O)C2[C@]3(C)CC[C@@]4(C)[C@@H]5CC(C)(C)CC[C@]5(CO)CC[C@]4(C)C3CC[C@@]21C. The zero-order chi connectivity index (χ0) is 24.2. The van der Waals surface area contributed by atoms with Gasteiger partial charge in [-0.3, -0.25) is 9.59 Å². The van der Waals surface area contributed by atoms with Gasteiger partial charge in [0.25, 0.3) is 0 Å². The summed E-state index contributed by atoms with van der Waals surface area (Å²) in [4.78, 5) is 26.3. The van der Waals surface area contributed by atoms with Crippen LogP contribution in [0.5, 0.6) is 0 Å². The molecule has 33 heavy (non-hydrogen) atoms. The number of hydrogen-bond acceptors (Lipinski definition) is 3. The standard InChI is InChI=1S/C30H48O3/c1-19-20(32)16-21(33)24-26(19,4)9-8-22-27(24,5)11-12-29(7)23-17-25(2,3)10-14-30(23,18-31)15-13-28(22,29)6/h19,22-24,31H,8-18H2,1-7H3/t19-,22?,23-,24?,26+,27+,28+,29-,30+/m0/s1. The van der Waals surface area contributed by atoms with Crippen LogP contribution >= 0.6 is 0 Å². The fourth-order valence-electron chi connectivity index (χ4n) is 11.1. The summed E-state index contributed by atoms with van der Waals surface area (Å²) < 4.78 is 0. The third-order valence-corrected chi connectivity index (χ3v) is 13.5. The van der Waals surface area contributed by atoms with Crippen LogP contribution in [0.4, 0.5) is 0 Å². The maximum Gasteiger partial charge on any atom is 0.144 e. The molecular weight excluding hydrogens is 408 g/mol. The van der Waals surface area contributed by atoms with E-state index in [1.54, 1.807) is 0 Å². The maximum atomic E-state index is 13.6. The first kappa shape index (κ1) is 24.0. The van der Waals surface area contributed by atoms with E-state index in [-0.39, 0.29) is 56.9 Å². The molecule has 3 nitrogen and oxygen atoms in total. The number of ketones is 2. The molecule has 0 radical (unpaired) electrons. The van der Waals surface area contributed by atoms with Gasteiger partial charge >= 0.3 is 0 Å². The first-order valence-electron chi connectivity index (χ1n) is 13.9. The van der Waals surface area contributed by atoms with Crippen molar-refractivity contribution in [3.8, 4) is 0 Å². The van der Waals surface area contributed by atoms with E-state index in [0.717, 1.165) is 38.5 Å². The van der Waals surface area contributed by atoms with Crippen molar-refractivity contribution in [3.63, 3.8) is 0 Å². The summed E-state index contributed by atoms with van der Waals surface area (Å²) in [6.07, 6.45) is 10.5. The van der Waals surface area contributed by atoms with Crippen molar-refractivity contribution in [1.29, 1.82) is 0 Å². The molecule has 5 fully saturated rings. The minimum absolute atomic E-state index is 0.00775. The summed E-state index contributed by atoms with van der Waals surface area (Å²) in [6.45, 7) is 17.1. The lowest BCUT2D eigenvalue weighted by Gasteiger charge is -2.74. The van der Waals surface area contributed by atoms with Crippen LogP contribution in [0.1, 0.15) is 113 Å². The van der Waals surface area contributed by atoms with Crippen molar-refractivity contribution in [3.05, 3.63) is 0 Å². The predicted octanol–water partition coefficient (Wildman–Crippen LogP) is 6.61. The van der Waals surface area contributed by atoms with Crippen LogP contribution in [0.2, 0.25) is 0 Å². The number of aliphatic hydroxyl groups excluding tert-OH is 1. The molecule has 9 atom stereocenters. The lowest BCUT2D eigenvalue weighted by atomic mass is 9.30. The van der Waals surface area contributed by atoms with E-state index in [1.165, 1.54) is 19.3 Å². The van der Waals surface area contributed by atoms with Gasteiger partial charge in [0, 0.05) is 18.4 Å². The molecule has 0 aromatic rings. The van der Waals surface area contributed by atoms with E-state index >= 15 is 0 Å². The van der Waals surface area contributed by atoms with Gasteiger partial charge in [-0.1, -0.05) is 48.5 Å². The third-order valence-electron chi connectivity index (χ3n) is 13.5. The van der Waals surface area contributed by atoms with E-state index < -0.39 is 0 Å². The number of carbonyl (C=O) groups is 2. The molecule has 0 aliphatic heterocycles. The minimum Gasteiger partial charge on any atom is -0.396 e. The molecule has 0 bridgehead atoms. The molecule has 1 N–H and O–H groups in total. The lowest BCUT2D eigenvalue weighted by molar-refractivity contribution is -0.259. The molecule has 5 aliphatic carbocycles. The number of carbonyl (C=O) groups excluding carboxylic acids is 2. The second-order valence-electron chi connectivity index (χ2n) is 15.1. The number of fused-ring (bicyclic) bond motifs is 7. The molecule has 0 aromatic heterocycles. The summed E-state index contributed by atoms with van der Waals surface area (Å²) in [5.74, 6) is 1.49. The average molecular weight is 457 g/mol. The molecule has 0 heterocycles. The lowest BCUT2D eigenvalue weighted by Crippen LogP contribution is -2.69. The van der Waals surface area contributed by atoms with Crippen LogP contribution in [0.3, 0.4) is 0 Å². The van der Waals surface area contributed by atoms with Gasteiger partial charge < -0.3 is 5.11 Å². The molecule has 2 unspecified atom stereocenters. The van der Waals surface area contributed by atoms with Crippen LogP contribution in [0.15, 0.2) is 0 Å². The summed E-state index contributed by atoms with van der Waals surface area (Å²) in [5, 5.41) is 10.7. The Hall–Kier alpha value is -0.700. The third kappa shape index (κ3) is 2.84. The van der Waals surface area contributed by atoms with Gasteiger partial charge in [-0.15, -0.1) is 0 Å². The highest BCUT2D eigenvalue weighted by Gasteiger charge is 2.72. The zero-order valence-corrected chi connectivity index (χ0v) is 22.4. The second-order valence-corrected chi connectivity index (χ2v) is 15.1. The quantitative estimate of drug-likeness (QED) is 0.452. The van der Waals surface area contributed by atoms with Gasteiger partial charge in [0.15, 0.2) is 0 Å². The van der Waals surface area contributed by atoms with Crippen molar-refractivity contribution in [1.82, 2.24) is 0 Å². The Morgan fingerprint density at radius 2 is 1.36 bits per heavy atom. The van der Waals surface area contributed by atoms with E-state index in [0.29, 0.717) is 23.9 Å². The molecule has 5 aliphatic rings. The van der Waals surface area contributed by atoms with Crippen LogP contribution in [0, 0.1) is 56.2 Å². The molecule has 5 saturated carbocycles. The molecule has 5 rings (SSSR count). The van der Waals surface area contributed by atoms with Crippen LogP contribution in [-0.2, 0) is 9.59 Å². The number of hydrogen-bond donors (Lipinski definition) is 1. The molecule has 0 amide bonds. The van der Waals surface area contributed by atoms with Crippen LogP contribution in [-0.4, -0.2) is 23.3 Å².